The molecule has 11 heteroatoms. The number of hydrogen-bond acceptors (Lipinski definition) is 9. The molecule has 0 bridgehead atoms. The molecule has 11 nitrogen and oxygen atoms in total. The summed E-state index contributed by atoms with van der Waals surface area (Å²) in [6, 6.07) is 5.72. The summed E-state index contributed by atoms with van der Waals surface area (Å²) in [5.74, 6) is -0.581. The molecule has 1 aliphatic rings. The quantitative estimate of drug-likeness (QED) is 0.339. The molecule has 1 fully saturated rings. The van der Waals surface area contributed by atoms with E-state index in [9.17, 15) is 19.7 Å². The maximum atomic E-state index is 13.2. The molecule has 32 heavy (non-hydrogen) atoms. The molecule has 1 saturated carbocycles. The zero-order chi connectivity index (χ0) is 24.2. The average molecular weight is 450 g/mol. The fraction of sp³-hybridized carbons (Fsp3) is 0.571. The van der Waals surface area contributed by atoms with Crippen LogP contribution < -0.4 is 16.3 Å². The molecule has 0 unspecified atom stereocenters. The zero-order valence-electron chi connectivity index (χ0n) is 19.3. The molecule has 176 valence electrons. The Morgan fingerprint density at radius 3 is 2.19 bits per heavy atom. The summed E-state index contributed by atoms with van der Waals surface area (Å²) in [6.07, 6.45) is 0.707. The SMILES string of the molecule is CC(C)(C)OC(=O)NN[C@@]1(C(=O)OC(C)(C)C)CCC/C1=N\Nc1ccc([N+](=O)[O-])cc1. The number of nitrogens with one attached hydrogen (secondary N) is 3. The number of anilines is 1. The van der Waals surface area contributed by atoms with Gasteiger partial charge in [0.15, 0.2) is 5.54 Å². The molecule has 1 atom stereocenters. The van der Waals surface area contributed by atoms with Crippen LogP contribution in [-0.4, -0.2) is 39.4 Å². The second-order valence-corrected chi connectivity index (χ2v) is 9.49. The predicted molar refractivity (Wildman–Crippen MR) is 119 cm³/mol. The molecule has 0 aliphatic heterocycles. The van der Waals surface area contributed by atoms with Gasteiger partial charge < -0.3 is 9.47 Å². The van der Waals surface area contributed by atoms with Gasteiger partial charge in [-0.1, -0.05) is 0 Å². The first-order chi connectivity index (χ1) is 14.7. The molecule has 2 rings (SSSR count). The fourth-order valence-corrected chi connectivity index (χ4v) is 3.05. The first kappa shape index (κ1) is 25.1. The lowest BCUT2D eigenvalue weighted by Gasteiger charge is -2.32. The molecule has 0 spiro atoms. The van der Waals surface area contributed by atoms with Crippen LogP contribution >= 0.6 is 0 Å². The van der Waals surface area contributed by atoms with Gasteiger partial charge in [0.2, 0.25) is 0 Å². The summed E-state index contributed by atoms with van der Waals surface area (Å²) in [5.41, 5.74) is 6.09. The number of nitro benzene ring substituents is 1. The van der Waals surface area contributed by atoms with E-state index in [1.165, 1.54) is 24.3 Å². The smallest absolute Gasteiger partial charge is 0.422 e. The first-order valence-corrected chi connectivity index (χ1v) is 10.3. The molecule has 0 radical (unpaired) electrons. The van der Waals surface area contributed by atoms with E-state index in [1.54, 1.807) is 41.5 Å². The number of hydrazine groups is 1. The van der Waals surface area contributed by atoms with Crippen LogP contribution in [0.3, 0.4) is 0 Å². The number of carbonyl (C=O) groups excluding carboxylic acids is 2. The Balaban J connectivity index is 2.27. The first-order valence-electron chi connectivity index (χ1n) is 10.3. The third-order valence-electron chi connectivity index (χ3n) is 4.38. The van der Waals surface area contributed by atoms with Crippen molar-refractivity contribution in [2.24, 2.45) is 5.10 Å². The summed E-state index contributed by atoms with van der Waals surface area (Å²) in [7, 11) is 0. The van der Waals surface area contributed by atoms with E-state index >= 15 is 0 Å². The molecule has 0 saturated heterocycles. The van der Waals surface area contributed by atoms with Gasteiger partial charge in [-0.15, -0.1) is 0 Å². The highest BCUT2D eigenvalue weighted by atomic mass is 16.6. The van der Waals surface area contributed by atoms with Gasteiger partial charge in [-0.05, 0) is 72.9 Å². The minimum atomic E-state index is -1.39. The van der Waals surface area contributed by atoms with Gasteiger partial charge in [-0.3, -0.25) is 21.0 Å². The van der Waals surface area contributed by atoms with Gasteiger partial charge in [-0.25, -0.2) is 15.0 Å². The van der Waals surface area contributed by atoms with E-state index in [1.807, 2.05) is 0 Å². The number of ether oxygens (including phenoxy) is 2. The van der Waals surface area contributed by atoms with E-state index in [-0.39, 0.29) is 5.69 Å². The number of hydrogen-bond donors (Lipinski definition) is 3. The predicted octanol–water partition coefficient (Wildman–Crippen LogP) is 3.66. The van der Waals surface area contributed by atoms with Crippen LogP contribution in [0.2, 0.25) is 0 Å². The van der Waals surface area contributed by atoms with Crippen LogP contribution in [-0.2, 0) is 14.3 Å². The second kappa shape index (κ2) is 9.51. The molecule has 3 N–H and O–H groups in total. The number of esters is 1. The van der Waals surface area contributed by atoms with E-state index in [2.05, 4.69) is 21.4 Å². The number of nitro groups is 1. The van der Waals surface area contributed by atoms with E-state index in [0.717, 1.165) is 0 Å². The highest BCUT2D eigenvalue weighted by molar-refractivity contribution is 6.13. The van der Waals surface area contributed by atoms with Crippen LogP contribution in [0.1, 0.15) is 60.8 Å². The Labute approximate surface area is 187 Å². The fourth-order valence-electron chi connectivity index (χ4n) is 3.05. The summed E-state index contributed by atoms with van der Waals surface area (Å²) in [6.45, 7) is 10.4. The standard InChI is InChI=1S/C21H31N5O6/c1-19(2,3)31-17(27)21(25-24-18(28)32-20(4,5)6)13-7-8-16(21)23-22-14-9-11-15(12-10-14)26(29)30/h9-12,22,25H,7-8,13H2,1-6H3,(H,24,28)/b23-16+/t21-/m0/s1. The van der Waals surface area contributed by atoms with Crippen molar-refractivity contribution < 1.29 is 24.0 Å². The maximum Gasteiger partial charge on any atom is 0.422 e. The van der Waals surface area contributed by atoms with Gasteiger partial charge in [-0.2, -0.15) is 5.10 Å². The number of hydrazone groups is 1. The van der Waals surface area contributed by atoms with Crippen molar-refractivity contribution in [3.63, 3.8) is 0 Å². The van der Waals surface area contributed by atoms with Crippen molar-refractivity contribution in [3.05, 3.63) is 34.4 Å². The minimum absolute atomic E-state index is 0.0459. The third-order valence-corrected chi connectivity index (χ3v) is 4.38. The van der Waals surface area contributed by atoms with Crippen molar-refractivity contribution in [2.75, 3.05) is 5.43 Å². The summed E-state index contributed by atoms with van der Waals surface area (Å²) in [5, 5.41) is 15.2. The normalized spacial score (nSPS) is 20.0. The van der Waals surface area contributed by atoms with Crippen LogP contribution in [0.5, 0.6) is 0 Å². The highest BCUT2D eigenvalue weighted by Gasteiger charge is 2.50. The van der Waals surface area contributed by atoms with Crippen LogP contribution in [0.25, 0.3) is 0 Å². The maximum absolute atomic E-state index is 13.2. The van der Waals surface area contributed by atoms with Crippen molar-refractivity contribution in [2.45, 2.75) is 77.5 Å². The molecule has 1 amide bonds. The third kappa shape index (κ3) is 6.91. The summed E-state index contributed by atoms with van der Waals surface area (Å²) in [4.78, 5) is 35.7. The Morgan fingerprint density at radius 2 is 1.66 bits per heavy atom. The molecule has 1 aromatic carbocycles. The lowest BCUT2D eigenvalue weighted by atomic mass is 9.96. The van der Waals surface area contributed by atoms with Crippen LogP contribution in [0.15, 0.2) is 29.4 Å². The Hall–Kier alpha value is -3.21. The molecule has 0 aromatic heterocycles. The number of rotatable bonds is 6. The van der Waals surface area contributed by atoms with Crippen LogP contribution in [0, 0.1) is 10.1 Å². The van der Waals surface area contributed by atoms with Gasteiger partial charge in [0.05, 0.1) is 16.3 Å². The Bertz CT molecular complexity index is 885. The second-order valence-electron chi connectivity index (χ2n) is 9.49. The van der Waals surface area contributed by atoms with Gasteiger partial charge in [0, 0.05) is 12.1 Å². The molecule has 1 aliphatic carbocycles. The number of carbonyl (C=O) groups is 2. The number of nitrogens with zero attached hydrogens (tertiary/aromatic N) is 2. The van der Waals surface area contributed by atoms with E-state index in [4.69, 9.17) is 9.47 Å². The van der Waals surface area contributed by atoms with Gasteiger partial charge >= 0.3 is 12.1 Å². The Morgan fingerprint density at radius 1 is 1.06 bits per heavy atom. The average Bonchev–Trinajstić information content (AvgIpc) is 3.06. The zero-order valence-corrected chi connectivity index (χ0v) is 19.3. The van der Waals surface area contributed by atoms with Crippen molar-refractivity contribution in [1.29, 1.82) is 0 Å². The molecular weight excluding hydrogens is 418 g/mol. The number of amides is 1. The van der Waals surface area contributed by atoms with E-state index < -0.39 is 33.7 Å². The van der Waals surface area contributed by atoms with E-state index in [0.29, 0.717) is 30.7 Å². The van der Waals surface area contributed by atoms with Crippen molar-refractivity contribution in [3.8, 4) is 0 Å². The van der Waals surface area contributed by atoms with Gasteiger partial charge in [0.1, 0.15) is 11.2 Å². The minimum Gasteiger partial charge on any atom is -0.458 e. The highest BCUT2D eigenvalue weighted by Crippen LogP contribution is 2.30. The number of benzene rings is 1. The van der Waals surface area contributed by atoms with Gasteiger partial charge in [0.25, 0.3) is 5.69 Å². The molecular formula is C21H31N5O6. The molecule has 0 heterocycles. The topological polar surface area (TPSA) is 144 Å². The summed E-state index contributed by atoms with van der Waals surface area (Å²) < 4.78 is 10.8. The van der Waals surface area contributed by atoms with Crippen LogP contribution in [0.4, 0.5) is 16.2 Å². The number of non-ortho nitro benzene ring substituents is 1. The van der Waals surface area contributed by atoms with Crippen molar-refractivity contribution >= 4 is 29.1 Å². The van der Waals surface area contributed by atoms with Crippen molar-refractivity contribution in [1.82, 2.24) is 10.9 Å². The molecule has 1 aromatic rings. The monoisotopic (exact) mass is 449 g/mol. The lowest BCUT2D eigenvalue weighted by molar-refractivity contribution is -0.384. The lowest BCUT2D eigenvalue weighted by Crippen LogP contribution is -2.63. The Kier molecular flexibility index (Phi) is 7.45. The largest absolute Gasteiger partial charge is 0.458 e. The summed E-state index contributed by atoms with van der Waals surface area (Å²) >= 11 is 0.